The van der Waals surface area contributed by atoms with Gasteiger partial charge in [0.25, 0.3) is 0 Å². The van der Waals surface area contributed by atoms with Crippen molar-refractivity contribution >= 4 is 130 Å². The highest BCUT2D eigenvalue weighted by Gasteiger charge is 2.28. The van der Waals surface area contributed by atoms with E-state index in [1.54, 1.807) is 0 Å². The van der Waals surface area contributed by atoms with Crippen LogP contribution in [-0.2, 0) is 0 Å². The van der Waals surface area contributed by atoms with Crippen LogP contribution in [0.1, 0.15) is 22.9 Å². The number of aromatic nitrogens is 1. The lowest BCUT2D eigenvalue weighted by Crippen LogP contribution is -2.34. The zero-order chi connectivity index (χ0) is 47.0. The molecule has 72 heavy (non-hydrogen) atoms. The van der Waals surface area contributed by atoms with Crippen LogP contribution in [-0.4, -0.2) is 16.2 Å². The van der Waals surface area contributed by atoms with E-state index in [2.05, 4.69) is 186 Å². The third-order valence-corrected chi connectivity index (χ3v) is 16.0. The number of nitrogens with zero attached hydrogens (tertiary/aromatic N) is 3. The summed E-state index contributed by atoms with van der Waals surface area (Å²) in [6.07, 6.45) is -0.526. The van der Waals surface area contributed by atoms with Crippen molar-refractivity contribution in [3.8, 4) is 16.8 Å². The van der Waals surface area contributed by atoms with Crippen molar-refractivity contribution in [1.29, 1.82) is 0 Å². The number of aliphatic imine (C=N–C) groups is 2. The van der Waals surface area contributed by atoms with Crippen LogP contribution < -0.4 is 5.32 Å². The van der Waals surface area contributed by atoms with E-state index < -0.39 is 6.17 Å². The Labute approximate surface area is 415 Å². The van der Waals surface area contributed by atoms with E-state index in [0.29, 0.717) is 11.7 Å². The van der Waals surface area contributed by atoms with Crippen LogP contribution in [0.25, 0.3) is 124 Å². The number of thiophene rings is 1. The summed E-state index contributed by atoms with van der Waals surface area (Å²) < 4.78 is 17.9. The summed E-state index contributed by atoms with van der Waals surface area (Å²) in [6, 6.07) is 78.1. The Balaban J connectivity index is 0.984. The Hall–Kier alpha value is -9.30. The maximum Gasteiger partial charge on any atom is 0.160 e. The smallest absolute Gasteiger partial charge is 0.160 e. The zero-order valence-electron chi connectivity index (χ0n) is 38.4. The van der Waals surface area contributed by atoms with Crippen molar-refractivity contribution in [2.24, 2.45) is 9.98 Å². The molecule has 11 aromatic carbocycles. The highest BCUT2D eigenvalue weighted by atomic mass is 32.1. The number of fused-ring (bicyclic) bond motifs is 15. The third kappa shape index (κ3) is 5.83. The molecule has 1 N–H and O–H groups in total. The van der Waals surface area contributed by atoms with Crippen molar-refractivity contribution in [3.63, 3.8) is 0 Å². The van der Waals surface area contributed by atoms with E-state index in [-0.39, 0.29) is 0 Å². The molecule has 6 nitrogen and oxygen atoms in total. The van der Waals surface area contributed by atoms with Crippen LogP contribution in [0.15, 0.2) is 237 Å². The molecule has 0 saturated heterocycles. The lowest BCUT2D eigenvalue weighted by Gasteiger charge is -2.25. The molecule has 1 aliphatic rings. The number of nitrogens with one attached hydrogen (secondary N) is 1. The maximum absolute atomic E-state index is 6.47. The first-order valence-electron chi connectivity index (χ1n) is 24.3. The van der Waals surface area contributed by atoms with Gasteiger partial charge in [0.1, 0.15) is 34.3 Å². The SMILES string of the molecule is c1ccc2cc3c(cc2c1)c1c2ccccc2ccc1n3-c1ccc(C2=NC(c3cccc4oc5ccccc5c34)NC(c3cccc4oc5ccccc5c34)=N2)c(-c2ccc3c(c2)sc2ccccc23)c1. The molecule has 1 atom stereocenters. The first-order chi connectivity index (χ1) is 35.7. The molecular weight excluding hydrogens is 901 g/mol. The van der Waals surface area contributed by atoms with E-state index in [4.69, 9.17) is 18.8 Å². The molecule has 7 heteroatoms. The Morgan fingerprint density at radius 2 is 1.08 bits per heavy atom. The number of hydrogen-bond acceptors (Lipinski definition) is 6. The van der Waals surface area contributed by atoms with E-state index in [0.717, 1.165) is 88.4 Å². The fraction of sp³-hybridized carbons (Fsp3) is 0.0154. The second-order valence-corrected chi connectivity index (χ2v) is 19.9. The Morgan fingerprint density at radius 3 is 1.92 bits per heavy atom. The highest BCUT2D eigenvalue weighted by molar-refractivity contribution is 7.25. The molecule has 0 spiro atoms. The van der Waals surface area contributed by atoms with E-state index in [1.165, 1.54) is 52.5 Å². The van der Waals surface area contributed by atoms with Gasteiger partial charge < -0.3 is 18.7 Å². The normalized spacial score (nSPS) is 14.2. The fourth-order valence-electron chi connectivity index (χ4n) is 11.6. The van der Waals surface area contributed by atoms with Crippen LogP contribution in [0.3, 0.4) is 0 Å². The maximum atomic E-state index is 6.47. The lowest BCUT2D eigenvalue weighted by molar-refractivity contribution is 0.662. The van der Waals surface area contributed by atoms with E-state index in [9.17, 15) is 0 Å². The Bertz CT molecular complexity index is 4870. The van der Waals surface area contributed by atoms with Gasteiger partial charge in [-0.25, -0.2) is 9.98 Å². The summed E-state index contributed by atoms with van der Waals surface area (Å²) in [5.41, 5.74) is 11.6. The minimum Gasteiger partial charge on any atom is -0.456 e. The van der Waals surface area contributed by atoms with Crippen molar-refractivity contribution in [2.45, 2.75) is 6.17 Å². The Morgan fingerprint density at radius 1 is 0.417 bits per heavy atom. The molecule has 1 aliphatic heterocycles. The molecular formula is C65H38N4O2S. The largest absolute Gasteiger partial charge is 0.456 e. The van der Waals surface area contributed by atoms with Crippen molar-refractivity contribution < 1.29 is 8.83 Å². The van der Waals surface area contributed by atoms with Gasteiger partial charge in [-0.1, -0.05) is 146 Å². The molecule has 0 fully saturated rings. The molecule has 0 saturated carbocycles. The van der Waals surface area contributed by atoms with Gasteiger partial charge in [-0.2, -0.15) is 0 Å². The standard InChI is InChI=1S/C65H38N4O2S/c1-2-15-39-34-53-51(33-38(39)14-1)60-42-16-4-3-13-37(42)28-32-52(60)69(53)41-29-31-45(50(36-41)40-27-30-44-43-17-7-10-26-58(43)72-59(44)35-40)63-66-64(48-20-11-24-56-61(48)46-18-5-8-22-54(46)70-56)68-65(67-63)49-21-12-25-57-62(49)47-19-6-9-23-55(47)71-57/h1-36,64H,(H,66,67,68). The first-order valence-corrected chi connectivity index (χ1v) is 25.1. The summed E-state index contributed by atoms with van der Waals surface area (Å²) >= 11 is 1.83. The minimum absolute atomic E-state index is 0.526. The second-order valence-electron chi connectivity index (χ2n) is 18.8. The van der Waals surface area contributed by atoms with Crippen LogP contribution in [0, 0.1) is 0 Å². The average molecular weight is 939 g/mol. The molecule has 15 aromatic rings. The predicted molar refractivity (Wildman–Crippen MR) is 301 cm³/mol. The third-order valence-electron chi connectivity index (χ3n) is 14.8. The lowest BCUT2D eigenvalue weighted by atomic mass is 9.96. The van der Waals surface area contributed by atoms with Crippen LogP contribution in [0.4, 0.5) is 0 Å². The number of hydrogen-bond donors (Lipinski definition) is 1. The number of para-hydroxylation sites is 2. The molecule has 4 aromatic heterocycles. The average Bonchev–Trinajstić information content (AvgIpc) is 4.21. The second kappa shape index (κ2) is 15.1. The van der Waals surface area contributed by atoms with Crippen molar-refractivity contribution in [1.82, 2.24) is 9.88 Å². The van der Waals surface area contributed by atoms with Gasteiger partial charge in [-0.15, -0.1) is 11.3 Å². The van der Waals surface area contributed by atoms with E-state index >= 15 is 0 Å². The zero-order valence-corrected chi connectivity index (χ0v) is 39.2. The van der Waals surface area contributed by atoms with Gasteiger partial charge in [0, 0.05) is 74.9 Å². The number of amidine groups is 2. The van der Waals surface area contributed by atoms with Gasteiger partial charge in [0.2, 0.25) is 0 Å². The number of benzene rings is 11. The molecule has 1 unspecified atom stereocenters. The minimum atomic E-state index is -0.526. The molecule has 0 aliphatic carbocycles. The monoisotopic (exact) mass is 938 g/mol. The van der Waals surface area contributed by atoms with Crippen LogP contribution in [0.5, 0.6) is 0 Å². The molecule has 5 heterocycles. The van der Waals surface area contributed by atoms with Crippen molar-refractivity contribution in [2.75, 3.05) is 0 Å². The van der Waals surface area contributed by atoms with Gasteiger partial charge in [0.15, 0.2) is 5.84 Å². The Kier molecular flexibility index (Phi) is 8.29. The summed E-state index contributed by atoms with van der Waals surface area (Å²) in [7, 11) is 0. The molecule has 0 bridgehead atoms. The number of furan rings is 2. The molecule has 0 amide bonds. The first kappa shape index (κ1) is 39.5. The summed E-state index contributed by atoms with van der Waals surface area (Å²) in [5.74, 6) is 1.34. The van der Waals surface area contributed by atoms with Gasteiger partial charge in [-0.05, 0) is 105 Å². The van der Waals surface area contributed by atoms with Crippen molar-refractivity contribution in [3.05, 3.63) is 235 Å². The predicted octanol–water partition coefficient (Wildman–Crippen LogP) is 17.4. The highest BCUT2D eigenvalue weighted by Crippen LogP contribution is 2.43. The molecule has 336 valence electrons. The molecule has 16 rings (SSSR count). The quantitative estimate of drug-likeness (QED) is 0.187. The van der Waals surface area contributed by atoms with Crippen LogP contribution in [0.2, 0.25) is 0 Å². The number of rotatable bonds is 5. The van der Waals surface area contributed by atoms with Gasteiger partial charge in [0.05, 0.1) is 11.0 Å². The summed E-state index contributed by atoms with van der Waals surface area (Å²) in [6.45, 7) is 0. The van der Waals surface area contributed by atoms with Gasteiger partial charge in [-0.3, -0.25) is 0 Å². The fourth-order valence-corrected chi connectivity index (χ4v) is 12.8. The van der Waals surface area contributed by atoms with E-state index in [1.807, 2.05) is 53.8 Å². The summed E-state index contributed by atoms with van der Waals surface area (Å²) in [4.78, 5) is 11.3. The van der Waals surface area contributed by atoms with Crippen LogP contribution >= 0.6 is 11.3 Å². The summed E-state index contributed by atoms with van der Waals surface area (Å²) in [5, 5.41) is 17.8. The topological polar surface area (TPSA) is 68.0 Å². The van der Waals surface area contributed by atoms with Gasteiger partial charge >= 0.3 is 0 Å². The molecule has 0 radical (unpaired) electrons.